The van der Waals surface area contributed by atoms with Gasteiger partial charge in [0.15, 0.2) is 0 Å². The summed E-state index contributed by atoms with van der Waals surface area (Å²) >= 11 is 3.42. The molecule has 0 saturated heterocycles. The Morgan fingerprint density at radius 3 is 2.63 bits per heavy atom. The molecule has 1 heterocycles. The summed E-state index contributed by atoms with van der Waals surface area (Å²) in [7, 11) is 0. The maximum atomic E-state index is 12.8. The summed E-state index contributed by atoms with van der Waals surface area (Å²) < 4.78 is 44.7. The Morgan fingerprint density at radius 1 is 1.32 bits per heavy atom. The van der Waals surface area contributed by atoms with Gasteiger partial charge >= 0.3 is 6.18 Å². The maximum absolute atomic E-state index is 12.8. The van der Waals surface area contributed by atoms with Crippen LogP contribution in [0, 0.1) is 5.92 Å². The van der Waals surface area contributed by atoms with E-state index >= 15 is 0 Å². The Kier molecular flexibility index (Phi) is 2.59. The Hall–Kier alpha value is -0.970. The van der Waals surface area contributed by atoms with Crippen LogP contribution in [0.2, 0.25) is 0 Å². The van der Waals surface area contributed by atoms with Gasteiger partial charge in [-0.25, -0.2) is 0 Å². The van der Waals surface area contributed by atoms with Gasteiger partial charge in [0, 0.05) is 16.9 Å². The van der Waals surface area contributed by atoms with Crippen LogP contribution < -0.4 is 0 Å². The molecule has 0 aromatic carbocycles. The highest BCUT2D eigenvalue weighted by Gasteiger charge is 2.50. The first kappa shape index (κ1) is 13.0. The van der Waals surface area contributed by atoms with Crippen LogP contribution in [0.4, 0.5) is 13.2 Å². The number of fused-ring (bicyclic) bond motifs is 3. The Labute approximate surface area is 117 Å². The van der Waals surface area contributed by atoms with Crippen molar-refractivity contribution >= 4 is 15.9 Å². The molecule has 2 aliphatic carbocycles. The molecule has 2 aliphatic rings. The third-order valence-electron chi connectivity index (χ3n) is 4.11. The van der Waals surface area contributed by atoms with Crippen LogP contribution in [0.1, 0.15) is 31.1 Å². The van der Waals surface area contributed by atoms with Crippen molar-refractivity contribution in [2.24, 2.45) is 5.92 Å². The molecular formula is C14H12BrF3O. The second-order valence-electron chi connectivity index (χ2n) is 5.58. The first-order valence-electron chi connectivity index (χ1n) is 5.97. The average molecular weight is 333 g/mol. The third kappa shape index (κ3) is 1.74. The molecule has 0 amide bonds. The van der Waals surface area contributed by atoms with Gasteiger partial charge in [-0.1, -0.05) is 32.1 Å². The van der Waals surface area contributed by atoms with Crippen molar-refractivity contribution in [3.63, 3.8) is 0 Å². The second-order valence-corrected chi connectivity index (χ2v) is 6.43. The minimum atomic E-state index is -4.31. The molecule has 0 radical (unpaired) electrons. The first-order valence-corrected chi connectivity index (χ1v) is 6.77. The van der Waals surface area contributed by atoms with Gasteiger partial charge in [0.05, 0.1) is 10.0 Å². The number of hydrogen-bond acceptors (Lipinski definition) is 1. The molecule has 0 spiro atoms. The Morgan fingerprint density at radius 2 is 2.00 bits per heavy atom. The molecule has 19 heavy (non-hydrogen) atoms. The molecule has 102 valence electrons. The molecule has 0 saturated carbocycles. The van der Waals surface area contributed by atoms with E-state index in [1.807, 2.05) is 13.8 Å². The van der Waals surface area contributed by atoms with Gasteiger partial charge in [-0.3, -0.25) is 0 Å². The van der Waals surface area contributed by atoms with E-state index in [9.17, 15) is 13.2 Å². The second kappa shape index (κ2) is 3.78. The molecule has 3 rings (SSSR count). The molecule has 1 nitrogen and oxygen atoms in total. The van der Waals surface area contributed by atoms with E-state index in [4.69, 9.17) is 4.42 Å². The summed E-state index contributed by atoms with van der Waals surface area (Å²) in [5.74, 6) is 0.316. The summed E-state index contributed by atoms with van der Waals surface area (Å²) in [4.78, 5) is 0. The lowest BCUT2D eigenvalue weighted by molar-refractivity contribution is -0.0889. The predicted octanol–water partition coefficient (Wildman–Crippen LogP) is 5.09. The molecule has 0 fully saturated rings. The van der Waals surface area contributed by atoms with Crippen molar-refractivity contribution in [3.05, 3.63) is 45.9 Å². The molecule has 0 bridgehead atoms. The normalized spacial score (nSPS) is 28.0. The van der Waals surface area contributed by atoms with Crippen molar-refractivity contribution in [2.75, 3.05) is 0 Å². The Balaban J connectivity index is 2.13. The molecule has 5 heteroatoms. The van der Waals surface area contributed by atoms with Gasteiger partial charge in [-0.2, -0.15) is 13.2 Å². The van der Waals surface area contributed by atoms with Gasteiger partial charge in [-0.15, -0.1) is 0 Å². The van der Waals surface area contributed by atoms with Crippen molar-refractivity contribution in [1.82, 2.24) is 0 Å². The van der Waals surface area contributed by atoms with E-state index in [0.717, 1.165) is 10.0 Å². The topological polar surface area (TPSA) is 13.1 Å². The van der Waals surface area contributed by atoms with E-state index in [1.165, 1.54) is 12.2 Å². The van der Waals surface area contributed by atoms with Crippen molar-refractivity contribution in [3.8, 4) is 0 Å². The third-order valence-corrected chi connectivity index (χ3v) is 4.69. The number of halogens is 4. The number of allylic oxidation sites excluding steroid dienone is 4. The largest absolute Gasteiger partial charge is 0.467 e. The predicted molar refractivity (Wildman–Crippen MR) is 68.9 cm³/mol. The minimum absolute atomic E-state index is 0.00449. The van der Waals surface area contributed by atoms with E-state index in [2.05, 4.69) is 15.9 Å². The molecule has 1 aromatic rings. The van der Waals surface area contributed by atoms with Gasteiger partial charge < -0.3 is 4.42 Å². The number of alkyl halides is 3. The fourth-order valence-electron chi connectivity index (χ4n) is 3.18. The lowest BCUT2D eigenvalue weighted by atomic mass is 9.73. The monoisotopic (exact) mass is 332 g/mol. The quantitative estimate of drug-likeness (QED) is 0.644. The zero-order chi connectivity index (χ0) is 14.0. The van der Waals surface area contributed by atoms with Crippen molar-refractivity contribution in [2.45, 2.75) is 31.4 Å². The zero-order valence-corrected chi connectivity index (χ0v) is 12.0. The smallest absolute Gasteiger partial charge is 0.416 e. The number of furan rings is 1. The standard InChI is InChI=1S/C14H12BrF3O/c1-13(2)9-4-3-7(14(16,17)18)5-8(9)12-11(13)10(15)6-19-12/h3-6,8-9H,1-2H3. The highest BCUT2D eigenvalue weighted by molar-refractivity contribution is 9.10. The summed E-state index contributed by atoms with van der Waals surface area (Å²) in [5.41, 5.74) is 0.146. The number of rotatable bonds is 0. The zero-order valence-electron chi connectivity index (χ0n) is 10.4. The molecule has 2 unspecified atom stereocenters. The van der Waals surface area contributed by atoms with Crippen molar-refractivity contribution in [1.29, 1.82) is 0 Å². The Bertz CT molecular complexity index is 592. The van der Waals surface area contributed by atoms with Crippen LogP contribution in [0.25, 0.3) is 0 Å². The molecule has 0 N–H and O–H groups in total. The van der Waals surface area contributed by atoms with Crippen LogP contribution in [0.5, 0.6) is 0 Å². The minimum Gasteiger partial charge on any atom is -0.467 e. The molecular weight excluding hydrogens is 321 g/mol. The van der Waals surface area contributed by atoms with Gasteiger partial charge in [0.25, 0.3) is 0 Å². The molecule has 1 aromatic heterocycles. The van der Waals surface area contributed by atoms with Crippen molar-refractivity contribution < 1.29 is 17.6 Å². The lowest BCUT2D eigenvalue weighted by Gasteiger charge is -2.30. The summed E-state index contributed by atoms with van der Waals surface area (Å²) in [5, 5.41) is 0. The number of hydrogen-bond donors (Lipinski definition) is 0. The SMILES string of the molecule is CC1(C)c2c(Br)coc2C2C=C(C(F)(F)F)C=CC21. The van der Waals surface area contributed by atoms with Gasteiger partial charge in [0.1, 0.15) is 12.0 Å². The van der Waals surface area contributed by atoms with E-state index in [-0.39, 0.29) is 17.3 Å². The summed E-state index contributed by atoms with van der Waals surface area (Å²) in [6.45, 7) is 4.07. The summed E-state index contributed by atoms with van der Waals surface area (Å²) in [6.07, 6.45) is 1.38. The average Bonchev–Trinajstić information content (AvgIpc) is 2.78. The molecule has 2 atom stereocenters. The fraction of sp³-hybridized carbons (Fsp3) is 0.429. The molecule has 0 aliphatic heterocycles. The van der Waals surface area contributed by atoms with Gasteiger partial charge in [-0.05, 0) is 21.8 Å². The van der Waals surface area contributed by atoms with Crippen LogP contribution in [0.15, 0.2) is 39.0 Å². The van der Waals surface area contributed by atoms with E-state index in [0.29, 0.717) is 5.76 Å². The van der Waals surface area contributed by atoms with Gasteiger partial charge in [0.2, 0.25) is 0 Å². The lowest BCUT2D eigenvalue weighted by Crippen LogP contribution is -2.27. The summed E-state index contributed by atoms with van der Waals surface area (Å²) in [6, 6.07) is 0. The first-order chi connectivity index (χ1) is 8.73. The van der Waals surface area contributed by atoms with E-state index < -0.39 is 11.7 Å². The van der Waals surface area contributed by atoms with Crippen LogP contribution in [-0.4, -0.2) is 6.18 Å². The highest BCUT2D eigenvalue weighted by atomic mass is 79.9. The van der Waals surface area contributed by atoms with Crippen LogP contribution >= 0.6 is 15.9 Å². The van der Waals surface area contributed by atoms with Crippen LogP contribution in [-0.2, 0) is 5.41 Å². The highest BCUT2D eigenvalue weighted by Crippen LogP contribution is 2.56. The fourth-order valence-corrected chi connectivity index (χ4v) is 3.98. The van der Waals surface area contributed by atoms with Crippen LogP contribution in [0.3, 0.4) is 0 Å². The maximum Gasteiger partial charge on any atom is 0.416 e. The van der Waals surface area contributed by atoms with E-state index in [1.54, 1.807) is 12.3 Å².